The van der Waals surface area contributed by atoms with E-state index < -0.39 is 6.04 Å². The van der Waals surface area contributed by atoms with E-state index in [9.17, 15) is 9.59 Å². The van der Waals surface area contributed by atoms with Crippen LogP contribution in [0.15, 0.2) is 57.7 Å². The van der Waals surface area contributed by atoms with Crippen LogP contribution < -0.4 is 5.43 Å². The van der Waals surface area contributed by atoms with Crippen LogP contribution >= 0.6 is 11.6 Å². The normalized spacial score (nSPS) is 15.5. The Balaban J connectivity index is 1.65. The van der Waals surface area contributed by atoms with Gasteiger partial charge < -0.3 is 14.2 Å². The minimum Gasteiger partial charge on any atom is -0.450 e. The molecule has 180 valence electrons. The fourth-order valence-corrected chi connectivity index (χ4v) is 4.98. The molecule has 0 fully saturated rings. The van der Waals surface area contributed by atoms with Crippen LogP contribution in [0.4, 0.5) is 0 Å². The molecule has 0 spiro atoms. The van der Waals surface area contributed by atoms with Gasteiger partial charge in [-0.05, 0) is 68.7 Å². The number of hydrogen-bond acceptors (Lipinski definition) is 4. The summed E-state index contributed by atoms with van der Waals surface area (Å²) in [6.07, 6.45) is 5.52. The number of fused-ring (bicyclic) bond motifs is 2. The second-order valence-electron chi connectivity index (χ2n) is 9.03. The first kappa shape index (κ1) is 24.5. The highest BCUT2D eigenvalue weighted by molar-refractivity contribution is 6.30. The molecule has 1 unspecified atom stereocenters. The molecule has 4 rings (SSSR count). The van der Waals surface area contributed by atoms with E-state index in [0.717, 1.165) is 31.6 Å². The van der Waals surface area contributed by atoms with Crippen LogP contribution in [0.5, 0.6) is 0 Å². The Morgan fingerprint density at radius 2 is 1.65 bits per heavy atom. The van der Waals surface area contributed by atoms with Crippen molar-refractivity contribution < 1.29 is 9.21 Å². The van der Waals surface area contributed by atoms with Crippen LogP contribution in [0.3, 0.4) is 0 Å². The molecular weight excluding hydrogens is 448 g/mol. The molecule has 0 N–H and O–H groups in total. The summed E-state index contributed by atoms with van der Waals surface area (Å²) in [6.45, 7) is 8.04. The van der Waals surface area contributed by atoms with Gasteiger partial charge in [-0.15, -0.1) is 0 Å². The van der Waals surface area contributed by atoms with E-state index in [1.165, 1.54) is 25.7 Å². The molecule has 2 heterocycles. The smallest absolute Gasteiger partial charge is 0.290 e. The summed E-state index contributed by atoms with van der Waals surface area (Å²) in [7, 11) is 0. The third kappa shape index (κ3) is 5.06. The van der Waals surface area contributed by atoms with Gasteiger partial charge in [0.1, 0.15) is 5.58 Å². The Labute approximate surface area is 206 Å². The summed E-state index contributed by atoms with van der Waals surface area (Å²) < 4.78 is 6.01. The van der Waals surface area contributed by atoms with Crippen molar-refractivity contribution in [1.29, 1.82) is 0 Å². The summed E-state index contributed by atoms with van der Waals surface area (Å²) in [5.41, 5.74) is 1.54. The van der Waals surface area contributed by atoms with Gasteiger partial charge in [-0.1, -0.05) is 62.6 Å². The van der Waals surface area contributed by atoms with E-state index in [4.69, 9.17) is 16.0 Å². The number of benzene rings is 2. The average molecular weight is 481 g/mol. The van der Waals surface area contributed by atoms with Crippen LogP contribution in [-0.2, 0) is 0 Å². The molecule has 1 amide bonds. The Kier molecular flexibility index (Phi) is 8.07. The Hall–Kier alpha value is -2.63. The van der Waals surface area contributed by atoms with Crippen molar-refractivity contribution in [3.8, 4) is 0 Å². The molecule has 1 aliphatic rings. The lowest BCUT2D eigenvalue weighted by Gasteiger charge is -2.27. The second kappa shape index (κ2) is 11.2. The maximum absolute atomic E-state index is 13.5. The number of carbonyl (C=O) groups is 1. The van der Waals surface area contributed by atoms with Crippen molar-refractivity contribution in [3.05, 3.63) is 80.7 Å². The molecule has 3 aromatic rings. The molecule has 34 heavy (non-hydrogen) atoms. The fourth-order valence-electron chi connectivity index (χ4n) is 4.78. The minimum absolute atomic E-state index is 0.148. The number of carbonyl (C=O) groups excluding carboxylic acids is 1. The number of amides is 1. The molecule has 0 saturated carbocycles. The summed E-state index contributed by atoms with van der Waals surface area (Å²) in [6, 6.07) is 14.0. The van der Waals surface area contributed by atoms with Crippen LogP contribution in [0.2, 0.25) is 5.02 Å². The van der Waals surface area contributed by atoms with Gasteiger partial charge in [0.2, 0.25) is 5.76 Å². The summed E-state index contributed by atoms with van der Waals surface area (Å²) >= 11 is 6.30. The third-order valence-electron chi connectivity index (χ3n) is 6.57. The van der Waals surface area contributed by atoms with Gasteiger partial charge in [0, 0.05) is 11.6 Å². The maximum atomic E-state index is 13.5. The number of para-hydroxylation sites is 1. The summed E-state index contributed by atoms with van der Waals surface area (Å²) in [5.74, 6) is -0.0704. The summed E-state index contributed by atoms with van der Waals surface area (Å²) in [5, 5.41) is 1.07. The molecule has 5 nitrogen and oxygen atoms in total. The zero-order chi connectivity index (χ0) is 24.1. The lowest BCUT2D eigenvalue weighted by molar-refractivity contribution is 0.0719. The van der Waals surface area contributed by atoms with E-state index >= 15 is 0 Å². The van der Waals surface area contributed by atoms with Gasteiger partial charge in [0.25, 0.3) is 5.91 Å². The van der Waals surface area contributed by atoms with Gasteiger partial charge in [-0.3, -0.25) is 9.59 Å². The van der Waals surface area contributed by atoms with Gasteiger partial charge in [-0.25, -0.2) is 0 Å². The zero-order valence-corrected chi connectivity index (χ0v) is 20.8. The molecule has 0 saturated heterocycles. The molecule has 1 aromatic heterocycles. The van der Waals surface area contributed by atoms with E-state index in [1.54, 1.807) is 23.1 Å². The quantitative estimate of drug-likeness (QED) is 0.324. The molecule has 1 atom stereocenters. The lowest BCUT2D eigenvalue weighted by Crippen LogP contribution is -2.34. The molecule has 0 aliphatic carbocycles. The summed E-state index contributed by atoms with van der Waals surface area (Å²) in [4.78, 5) is 31.3. The molecule has 0 bridgehead atoms. The first-order valence-corrected chi connectivity index (χ1v) is 12.8. The van der Waals surface area contributed by atoms with Gasteiger partial charge in [0.05, 0.1) is 17.0 Å². The fraction of sp³-hybridized carbons (Fsp3) is 0.429. The van der Waals surface area contributed by atoms with Crippen molar-refractivity contribution in [2.75, 3.05) is 26.2 Å². The zero-order valence-electron chi connectivity index (χ0n) is 20.1. The standard InChI is InChI=1S/C28H33ClN2O3/c1-3-5-15-30(16-6-4-2)17-10-18-31-25(20-11-9-12-21(29)19-20)24-26(32)22-13-7-8-14-23(22)34-27(24)28(31)33/h7-9,11-14,19,25H,3-6,10,15-18H2,1-2H3. The number of unbranched alkanes of at least 4 members (excludes halogenated alkanes) is 2. The van der Waals surface area contributed by atoms with E-state index in [-0.39, 0.29) is 17.1 Å². The van der Waals surface area contributed by atoms with Crippen LogP contribution in [0.25, 0.3) is 11.0 Å². The highest BCUT2D eigenvalue weighted by Crippen LogP contribution is 2.38. The van der Waals surface area contributed by atoms with Gasteiger partial charge in [0.15, 0.2) is 5.43 Å². The molecule has 0 radical (unpaired) electrons. The highest BCUT2D eigenvalue weighted by atomic mass is 35.5. The number of hydrogen-bond donors (Lipinski definition) is 0. The van der Waals surface area contributed by atoms with Crippen LogP contribution in [0, 0.1) is 0 Å². The number of nitrogens with zero attached hydrogens (tertiary/aromatic N) is 2. The van der Waals surface area contributed by atoms with E-state index in [1.807, 2.05) is 30.3 Å². The topological polar surface area (TPSA) is 53.8 Å². The largest absolute Gasteiger partial charge is 0.450 e. The minimum atomic E-state index is -0.498. The number of rotatable bonds is 11. The Morgan fingerprint density at radius 1 is 0.941 bits per heavy atom. The van der Waals surface area contributed by atoms with Crippen LogP contribution in [0.1, 0.15) is 73.7 Å². The molecule has 1 aliphatic heterocycles. The Bertz CT molecular complexity index is 1200. The monoisotopic (exact) mass is 480 g/mol. The molecular formula is C28H33ClN2O3. The van der Waals surface area contributed by atoms with Crippen molar-refractivity contribution >= 4 is 28.5 Å². The SMILES string of the molecule is CCCCN(CCCC)CCCN1C(=O)c2oc3ccccc3c(=O)c2C1c1cccc(Cl)c1. The van der Waals surface area contributed by atoms with Crippen molar-refractivity contribution in [1.82, 2.24) is 9.80 Å². The predicted octanol–water partition coefficient (Wildman–Crippen LogP) is 6.28. The molecule has 2 aromatic carbocycles. The van der Waals surface area contributed by atoms with E-state index in [0.29, 0.717) is 28.1 Å². The average Bonchev–Trinajstić information content (AvgIpc) is 3.12. The van der Waals surface area contributed by atoms with Crippen LogP contribution in [-0.4, -0.2) is 41.9 Å². The van der Waals surface area contributed by atoms with Gasteiger partial charge >= 0.3 is 0 Å². The number of halogens is 1. The van der Waals surface area contributed by atoms with Gasteiger partial charge in [-0.2, -0.15) is 0 Å². The predicted molar refractivity (Wildman–Crippen MR) is 138 cm³/mol. The highest BCUT2D eigenvalue weighted by Gasteiger charge is 2.42. The maximum Gasteiger partial charge on any atom is 0.290 e. The van der Waals surface area contributed by atoms with Crippen molar-refractivity contribution in [3.63, 3.8) is 0 Å². The van der Waals surface area contributed by atoms with E-state index in [2.05, 4.69) is 18.7 Å². The van der Waals surface area contributed by atoms with Crippen molar-refractivity contribution in [2.45, 2.75) is 52.0 Å². The van der Waals surface area contributed by atoms with Crippen molar-refractivity contribution in [2.24, 2.45) is 0 Å². The Morgan fingerprint density at radius 3 is 2.35 bits per heavy atom. The molecule has 6 heteroatoms. The third-order valence-corrected chi connectivity index (χ3v) is 6.80. The first-order valence-electron chi connectivity index (χ1n) is 12.4. The first-order chi connectivity index (χ1) is 16.5. The lowest BCUT2D eigenvalue weighted by atomic mass is 9.98. The second-order valence-corrected chi connectivity index (χ2v) is 9.46.